The summed E-state index contributed by atoms with van der Waals surface area (Å²) in [6, 6.07) is 9.63. The van der Waals surface area contributed by atoms with Crippen LogP contribution in [0.2, 0.25) is 5.02 Å². The third-order valence-electron chi connectivity index (χ3n) is 3.85. The van der Waals surface area contributed by atoms with E-state index < -0.39 is 23.6 Å². The van der Waals surface area contributed by atoms with Gasteiger partial charge in [0.15, 0.2) is 0 Å². The molecule has 27 heavy (non-hydrogen) atoms. The highest BCUT2D eigenvalue weighted by atomic mass is 35.5. The molecule has 0 aliphatic heterocycles. The van der Waals surface area contributed by atoms with E-state index in [4.69, 9.17) is 16.1 Å². The van der Waals surface area contributed by atoms with Crippen LogP contribution in [-0.4, -0.2) is 16.2 Å². The summed E-state index contributed by atoms with van der Waals surface area (Å²) < 4.78 is 31.6. The second kappa shape index (κ2) is 7.85. The number of carbonyl (C=O) groups is 1. The SMILES string of the molecule is C[C@H](O)c1c(-c2ccc(Cl)cc2)noc1C(=O)NCc1cc(F)cc(F)c1. The van der Waals surface area contributed by atoms with E-state index in [1.807, 2.05) is 0 Å². The lowest BCUT2D eigenvalue weighted by atomic mass is 10.0. The molecule has 2 aromatic carbocycles. The van der Waals surface area contributed by atoms with Crippen LogP contribution < -0.4 is 5.32 Å². The van der Waals surface area contributed by atoms with Crippen LogP contribution in [0.5, 0.6) is 0 Å². The van der Waals surface area contributed by atoms with Gasteiger partial charge in [-0.2, -0.15) is 0 Å². The lowest BCUT2D eigenvalue weighted by molar-refractivity contribution is 0.0905. The van der Waals surface area contributed by atoms with Gasteiger partial charge in [0, 0.05) is 23.2 Å². The highest BCUT2D eigenvalue weighted by Gasteiger charge is 2.26. The van der Waals surface area contributed by atoms with Gasteiger partial charge in [0.05, 0.1) is 11.7 Å². The molecule has 1 amide bonds. The molecular weight excluding hydrogens is 378 g/mol. The Hall–Kier alpha value is -2.77. The maximum atomic E-state index is 13.2. The van der Waals surface area contributed by atoms with Crippen molar-refractivity contribution in [3.63, 3.8) is 0 Å². The highest BCUT2D eigenvalue weighted by Crippen LogP contribution is 2.31. The van der Waals surface area contributed by atoms with E-state index in [0.29, 0.717) is 16.3 Å². The van der Waals surface area contributed by atoms with Crippen LogP contribution in [-0.2, 0) is 6.54 Å². The molecular formula is C19H15ClF2N2O3. The number of amides is 1. The zero-order chi connectivity index (χ0) is 19.6. The summed E-state index contributed by atoms with van der Waals surface area (Å²) in [5, 5.41) is 17.0. The summed E-state index contributed by atoms with van der Waals surface area (Å²) in [7, 11) is 0. The molecule has 0 bridgehead atoms. The second-order valence-electron chi connectivity index (χ2n) is 5.92. The van der Waals surface area contributed by atoms with E-state index in [2.05, 4.69) is 10.5 Å². The first kappa shape index (κ1) is 19.0. The molecule has 0 aliphatic rings. The number of nitrogens with one attached hydrogen (secondary N) is 1. The number of hydrogen-bond donors (Lipinski definition) is 2. The molecule has 5 nitrogen and oxygen atoms in total. The van der Waals surface area contributed by atoms with Crippen molar-refractivity contribution in [2.24, 2.45) is 0 Å². The third-order valence-corrected chi connectivity index (χ3v) is 4.10. The molecule has 1 heterocycles. The van der Waals surface area contributed by atoms with Gasteiger partial charge >= 0.3 is 0 Å². The number of halogens is 3. The van der Waals surface area contributed by atoms with Gasteiger partial charge in [0.1, 0.15) is 17.3 Å². The van der Waals surface area contributed by atoms with Gasteiger partial charge in [-0.3, -0.25) is 4.79 Å². The van der Waals surface area contributed by atoms with Crippen LogP contribution >= 0.6 is 11.6 Å². The van der Waals surface area contributed by atoms with Gasteiger partial charge in [0.2, 0.25) is 5.76 Å². The molecule has 2 N–H and O–H groups in total. The second-order valence-corrected chi connectivity index (χ2v) is 6.35. The van der Waals surface area contributed by atoms with Crippen LogP contribution in [0.4, 0.5) is 8.78 Å². The highest BCUT2D eigenvalue weighted by molar-refractivity contribution is 6.30. The Morgan fingerprint density at radius 3 is 2.44 bits per heavy atom. The molecule has 0 aliphatic carbocycles. The topological polar surface area (TPSA) is 75.4 Å². The maximum absolute atomic E-state index is 13.2. The number of carbonyl (C=O) groups excluding carboxylic acids is 1. The molecule has 0 radical (unpaired) electrons. The van der Waals surface area contributed by atoms with Crippen molar-refractivity contribution in [1.82, 2.24) is 10.5 Å². The van der Waals surface area contributed by atoms with Crippen molar-refractivity contribution in [2.75, 3.05) is 0 Å². The quantitative estimate of drug-likeness (QED) is 0.680. The van der Waals surface area contributed by atoms with Gasteiger partial charge in [-0.1, -0.05) is 28.9 Å². The van der Waals surface area contributed by atoms with Gasteiger partial charge in [-0.05, 0) is 36.8 Å². The summed E-state index contributed by atoms with van der Waals surface area (Å²) in [6.45, 7) is 1.36. The number of aromatic nitrogens is 1. The normalized spacial score (nSPS) is 12.0. The Kier molecular flexibility index (Phi) is 5.53. The molecule has 8 heteroatoms. The number of aliphatic hydroxyl groups is 1. The number of rotatable bonds is 5. The minimum absolute atomic E-state index is 0.121. The summed E-state index contributed by atoms with van der Waals surface area (Å²) >= 11 is 5.87. The molecule has 0 unspecified atom stereocenters. The van der Waals surface area contributed by atoms with E-state index in [-0.39, 0.29) is 23.4 Å². The molecule has 3 aromatic rings. The number of benzene rings is 2. The fourth-order valence-electron chi connectivity index (χ4n) is 2.64. The molecule has 0 saturated carbocycles. The van der Waals surface area contributed by atoms with Gasteiger partial charge < -0.3 is 14.9 Å². The summed E-state index contributed by atoms with van der Waals surface area (Å²) in [4.78, 5) is 12.4. The van der Waals surface area contributed by atoms with Crippen molar-refractivity contribution in [1.29, 1.82) is 0 Å². The fraction of sp³-hybridized carbons (Fsp3) is 0.158. The van der Waals surface area contributed by atoms with Crippen molar-refractivity contribution < 1.29 is 23.2 Å². The average molecular weight is 393 g/mol. The lowest BCUT2D eigenvalue weighted by Crippen LogP contribution is -2.24. The van der Waals surface area contributed by atoms with Crippen LogP contribution in [0.25, 0.3) is 11.3 Å². The minimum atomic E-state index is -1.03. The minimum Gasteiger partial charge on any atom is -0.388 e. The zero-order valence-corrected chi connectivity index (χ0v) is 14.9. The molecule has 0 fully saturated rings. The predicted molar refractivity (Wildman–Crippen MR) is 95.1 cm³/mol. The first-order chi connectivity index (χ1) is 12.8. The molecule has 0 saturated heterocycles. The number of nitrogens with zero attached hydrogens (tertiary/aromatic N) is 1. The van der Waals surface area contributed by atoms with E-state index in [0.717, 1.165) is 18.2 Å². The van der Waals surface area contributed by atoms with Gasteiger partial charge in [-0.15, -0.1) is 0 Å². The zero-order valence-electron chi connectivity index (χ0n) is 14.2. The van der Waals surface area contributed by atoms with E-state index in [1.54, 1.807) is 24.3 Å². The predicted octanol–water partition coefficient (Wildman–Crippen LogP) is 4.26. The van der Waals surface area contributed by atoms with Crippen LogP contribution in [0, 0.1) is 11.6 Å². The van der Waals surface area contributed by atoms with Crippen molar-refractivity contribution in [3.05, 3.63) is 76.0 Å². The number of aliphatic hydroxyl groups excluding tert-OH is 1. The van der Waals surface area contributed by atoms with Crippen LogP contribution in [0.3, 0.4) is 0 Å². The van der Waals surface area contributed by atoms with E-state index >= 15 is 0 Å². The summed E-state index contributed by atoms with van der Waals surface area (Å²) in [5.74, 6) is -2.32. The standard InChI is InChI=1S/C19H15ClF2N2O3/c1-10(25)16-17(12-2-4-13(20)5-3-12)24-27-18(16)19(26)23-9-11-6-14(21)8-15(22)7-11/h2-8,10,25H,9H2,1H3,(H,23,26)/t10-/m0/s1. The smallest absolute Gasteiger partial charge is 0.290 e. The average Bonchev–Trinajstić information content (AvgIpc) is 3.05. The maximum Gasteiger partial charge on any atom is 0.290 e. The van der Waals surface area contributed by atoms with Gasteiger partial charge in [0.25, 0.3) is 5.91 Å². The van der Waals surface area contributed by atoms with E-state index in [1.165, 1.54) is 6.92 Å². The Labute approximate surface area is 158 Å². The first-order valence-corrected chi connectivity index (χ1v) is 8.39. The molecule has 3 rings (SSSR count). The Bertz CT molecular complexity index is 951. The number of hydrogen-bond acceptors (Lipinski definition) is 4. The van der Waals surface area contributed by atoms with Crippen molar-refractivity contribution in [2.45, 2.75) is 19.6 Å². The molecule has 0 spiro atoms. The Balaban J connectivity index is 1.85. The van der Waals surface area contributed by atoms with Crippen molar-refractivity contribution >= 4 is 17.5 Å². The first-order valence-electron chi connectivity index (χ1n) is 8.02. The summed E-state index contributed by atoms with van der Waals surface area (Å²) in [6.07, 6.45) is -1.03. The fourth-order valence-corrected chi connectivity index (χ4v) is 2.77. The lowest BCUT2D eigenvalue weighted by Gasteiger charge is -2.08. The van der Waals surface area contributed by atoms with E-state index in [9.17, 15) is 18.7 Å². The Morgan fingerprint density at radius 2 is 1.85 bits per heavy atom. The largest absolute Gasteiger partial charge is 0.388 e. The van der Waals surface area contributed by atoms with Gasteiger partial charge in [-0.25, -0.2) is 8.78 Å². The monoisotopic (exact) mass is 392 g/mol. The Morgan fingerprint density at radius 1 is 1.22 bits per heavy atom. The van der Waals surface area contributed by atoms with Crippen LogP contribution in [0.15, 0.2) is 47.0 Å². The molecule has 1 atom stereocenters. The van der Waals surface area contributed by atoms with Crippen molar-refractivity contribution in [3.8, 4) is 11.3 Å². The molecule has 1 aromatic heterocycles. The van der Waals surface area contributed by atoms with Crippen LogP contribution in [0.1, 0.15) is 34.7 Å². The third kappa shape index (κ3) is 4.32. The summed E-state index contributed by atoms with van der Waals surface area (Å²) in [5.41, 5.74) is 1.38. The molecule has 140 valence electrons.